The second-order valence-electron chi connectivity index (χ2n) is 5.75. The molecule has 2 aromatic carbocycles. The zero-order valence-electron chi connectivity index (χ0n) is 13.9. The molecule has 0 fully saturated rings. The largest absolute Gasteiger partial charge is 0.497 e. The quantitative estimate of drug-likeness (QED) is 0.571. The van der Waals surface area contributed by atoms with Crippen LogP contribution < -0.4 is 9.47 Å². The third-order valence-electron chi connectivity index (χ3n) is 4.09. The molecule has 0 saturated heterocycles. The summed E-state index contributed by atoms with van der Waals surface area (Å²) >= 11 is 0. The van der Waals surface area contributed by atoms with Crippen molar-refractivity contribution in [2.45, 2.75) is 6.61 Å². The summed E-state index contributed by atoms with van der Waals surface area (Å²) in [4.78, 5) is 7.97. The van der Waals surface area contributed by atoms with Gasteiger partial charge in [-0.2, -0.15) is 0 Å². The minimum Gasteiger partial charge on any atom is -0.497 e. The lowest BCUT2D eigenvalue weighted by Crippen LogP contribution is -1.98. The van der Waals surface area contributed by atoms with Gasteiger partial charge in [-0.25, -0.2) is 4.98 Å². The number of fused-ring (bicyclic) bond motifs is 1. The van der Waals surface area contributed by atoms with Gasteiger partial charge >= 0.3 is 0 Å². The molecule has 4 heteroatoms. The van der Waals surface area contributed by atoms with Crippen LogP contribution in [0.4, 0.5) is 0 Å². The number of hydrogen-bond acceptors (Lipinski definition) is 3. The number of benzene rings is 2. The highest BCUT2D eigenvalue weighted by Gasteiger charge is 2.07. The first-order chi connectivity index (χ1) is 12.3. The summed E-state index contributed by atoms with van der Waals surface area (Å²) in [6.07, 6.45) is 1.90. The first-order valence-corrected chi connectivity index (χ1v) is 8.13. The third-order valence-corrected chi connectivity index (χ3v) is 4.09. The van der Waals surface area contributed by atoms with Crippen LogP contribution in [0.3, 0.4) is 0 Å². The number of methoxy groups -OCH3 is 1. The summed E-state index contributed by atoms with van der Waals surface area (Å²) in [6.45, 7) is 0.463. The van der Waals surface area contributed by atoms with Gasteiger partial charge in [-0.1, -0.05) is 30.3 Å². The monoisotopic (exact) mass is 330 g/mol. The Morgan fingerprint density at radius 3 is 2.72 bits per heavy atom. The molecule has 0 unspecified atom stereocenters. The smallest absolute Gasteiger partial charge is 0.146 e. The second-order valence-corrected chi connectivity index (χ2v) is 5.75. The number of pyridine rings is 1. The molecule has 124 valence electrons. The molecule has 4 aromatic rings. The van der Waals surface area contributed by atoms with Gasteiger partial charge in [0.15, 0.2) is 0 Å². The predicted molar refractivity (Wildman–Crippen MR) is 98.9 cm³/mol. The molecular formula is C21H18N2O2. The van der Waals surface area contributed by atoms with Crippen LogP contribution in [-0.4, -0.2) is 17.1 Å². The number of aromatic nitrogens is 2. The maximum absolute atomic E-state index is 6.05. The van der Waals surface area contributed by atoms with Crippen molar-refractivity contribution in [3.63, 3.8) is 0 Å². The highest BCUT2D eigenvalue weighted by atomic mass is 16.5. The number of aromatic amines is 1. The number of para-hydroxylation sites is 1. The van der Waals surface area contributed by atoms with Crippen LogP contribution in [0, 0.1) is 0 Å². The Hall–Kier alpha value is -3.27. The molecule has 0 aliphatic rings. The molecule has 25 heavy (non-hydrogen) atoms. The van der Waals surface area contributed by atoms with Gasteiger partial charge in [0.2, 0.25) is 0 Å². The molecule has 0 amide bonds. The molecule has 0 atom stereocenters. The van der Waals surface area contributed by atoms with Gasteiger partial charge in [-0.05, 0) is 42.0 Å². The summed E-state index contributed by atoms with van der Waals surface area (Å²) in [6, 6.07) is 21.9. The molecule has 0 bridgehead atoms. The first kappa shape index (κ1) is 15.3. The van der Waals surface area contributed by atoms with E-state index in [1.54, 1.807) is 7.11 Å². The van der Waals surface area contributed by atoms with Crippen molar-refractivity contribution in [2.75, 3.05) is 7.11 Å². The number of H-pyrrole nitrogens is 1. The van der Waals surface area contributed by atoms with Gasteiger partial charge < -0.3 is 14.5 Å². The second kappa shape index (κ2) is 6.69. The molecule has 2 aromatic heterocycles. The fraction of sp³-hybridized carbons (Fsp3) is 0.0952. The maximum atomic E-state index is 6.05. The van der Waals surface area contributed by atoms with Crippen molar-refractivity contribution in [3.05, 3.63) is 78.5 Å². The molecule has 0 aliphatic carbocycles. The van der Waals surface area contributed by atoms with Crippen molar-refractivity contribution in [3.8, 4) is 22.9 Å². The van der Waals surface area contributed by atoms with E-state index < -0.39 is 0 Å². The standard InChI is InChI=1S/C21H18N2O2/c1-24-17-7-2-5-15(13-17)14-25-20-9-3-6-16-10-11-19(23-21(16)20)18-8-4-12-22-18/h2-13,22H,14H2,1H3. The third kappa shape index (κ3) is 3.19. The van der Waals surface area contributed by atoms with Crippen LogP contribution in [0.2, 0.25) is 0 Å². The fourth-order valence-corrected chi connectivity index (χ4v) is 2.80. The zero-order valence-corrected chi connectivity index (χ0v) is 13.9. The molecule has 4 rings (SSSR count). The van der Waals surface area contributed by atoms with Crippen LogP contribution in [0.25, 0.3) is 22.3 Å². The van der Waals surface area contributed by atoms with E-state index in [9.17, 15) is 0 Å². The summed E-state index contributed by atoms with van der Waals surface area (Å²) in [7, 11) is 1.66. The van der Waals surface area contributed by atoms with Gasteiger partial charge in [-0.15, -0.1) is 0 Å². The zero-order chi connectivity index (χ0) is 17.1. The Morgan fingerprint density at radius 2 is 1.88 bits per heavy atom. The number of hydrogen-bond donors (Lipinski definition) is 1. The van der Waals surface area contributed by atoms with Gasteiger partial charge in [0.1, 0.15) is 23.6 Å². The van der Waals surface area contributed by atoms with E-state index in [-0.39, 0.29) is 0 Å². The van der Waals surface area contributed by atoms with Crippen LogP contribution >= 0.6 is 0 Å². The highest BCUT2D eigenvalue weighted by Crippen LogP contribution is 2.27. The Balaban J connectivity index is 1.65. The number of nitrogens with zero attached hydrogens (tertiary/aromatic N) is 1. The molecule has 0 spiro atoms. The molecule has 2 heterocycles. The molecule has 4 nitrogen and oxygen atoms in total. The van der Waals surface area contributed by atoms with Crippen molar-refractivity contribution in [2.24, 2.45) is 0 Å². The Kier molecular flexibility index (Phi) is 4.09. The number of rotatable bonds is 5. The van der Waals surface area contributed by atoms with Crippen LogP contribution in [0.15, 0.2) is 72.9 Å². The van der Waals surface area contributed by atoms with Crippen LogP contribution in [0.5, 0.6) is 11.5 Å². The first-order valence-electron chi connectivity index (χ1n) is 8.13. The van der Waals surface area contributed by atoms with Crippen LogP contribution in [0.1, 0.15) is 5.56 Å². The van der Waals surface area contributed by atoms with E-state index in [4.69, 9.17) is 14.5 Å². The van der Waals surface area contributed by atoms with E-state index in [1.165, 1.54) is 0 Å². The summed E-state index contributed by atoms with van der Waals surface area (Å²) in [5.74, 6) is 1.60. The summed E-state index contributed by atoms with van der Waals surface area (Å²) < 4.78 is 11.3. The molecular weight excluding hydrogens is 312 g/mol. The number of nitrogens with one attached hydrogen (secondary N) is 1. The van der Waals surface area contributed by atoms with E-state index in [0.717, 1.165) is 39.4 Å². The molecule has 1 N–H and O–H groups in total. The van der Waals surface area contributed by atoms with E-state index in [0.29, 0.717) is 6.61 Å². The SMILES string of the molecule is COc1cccc(COc2cccc3ccc(-c4ccc[nH]4)nc23)c1. The van der Waals surface area contributed by atoms with Crippen molar-refractivity contribution in [1.29, 1.82) is 0 Å². The summed E-state index contributed by atoms with van der Waals surface area (Å²) in [5.41, 5.74) is 3.80. The molecule has 0 saturated carbocycles. The average Bonchev–Trinajstić information content (AvgIpc) is 3.21. The Labute approximate surface area is 146 Å². The van der Waals surface area contributed by atoms with E-state index in [1.807, 2.05) is 66.9 Å². The maximum Gasteiger partial charge on any atom is 0.146 e. The van der Waals surface area contributed by atoms with Gasteiger partial charge in [-0.3, -0.25) is 0 Å². The normalized spacial score (nSPS) is 10.8. The summed E-state index contributed by atoms with van der Waals surface area (Å²) in [5, 5.41) is 1.05. The highest BCUT2D eigenvalue weighted by molar-refractivity contribution is 5.86. The van der Waals surface area contributed by atoms with E-state index in [2.05, 4.69) is 11.1 Å². The lowest BCUT2D eigenvalue weighted by molar-refractivity contribution is 0.308. The Bertz CT molecular complexity index is 994. The lowest BCUT2D eigenvalue weighted by Gasteiger charge is -2.10. The predicted octanol–water partition coefficient (Wildman–Crippen LogP) is 4.82. The Morgan fingerprint density at radius 1 is 0.960 bits per heavy atom. The van der Waals surface area contributed by atoms with Crippen LogP contribution in [-0.2, 0) is 6.61 Å². The topological polar surface area (TPSA) is 47.1 Å². The minimum absolute atomic E-state index is 0.463. The van der Waals surface area contributed by atoms with Gasteiger partial charge in [0, 0.05) is 11.6 Å². The fourth-order valence-electron chi connectivity index (χ4n) is 2.80. The lowest BCUT2D eigenvalue weighted by atomic mass is 10.1. The van der Waals surface area contributed by atoms with Crippen molar-refractivity contribution in [1.82, 2.24) is 9.97 Å². The number of ether oxygens (including phenoxy) is 2. The van der Waals surface area contributed by atoms with Gasteiger partial charge in [0.25, 0.3) is 0 Å². The minimum atomic E-state index is 0.463. The molecule has 0 aliphatic heterocycles. The van der Waals surface area contributed by atoms with Crippen molar-refractivity contribution >= 4 is 10.9 Å². The van der Waals surface area contributed by atoms with Gasteiger partial charge in [0.05, 0.1) is 18.5 Å². The van der Waals surface area contributed by atoms with Crippen molar-refractivity contribution < 1.29 is 9.47 Å². The molecule has 0 radical (unpaired) electrons. The van der Waals surface area contributed by atoms with E-state index >= 15 is 0 Å². The average molecular weight is 330 g/mol.